The van der Waals surface area contributed by atoms with Crippen LogP contribution in [0.2, 0.25) is 10.0 Å². The Morgan fingerprint density at radius 1 is 1.41 bits per heavy atom. The van der Waals surface area contributed by atoms with Gasteiger partial charge in [-0.05, 0) is 24.6 Å². The van der Waals surface area contributed by atoms with Gasteiger partial charge in [-0.2, -0.15) is 0 Å². The highest BCUT2D eigenvalue weighted by Gasteiger charge is 2.10. The molecule has 0 aliphatic rings. The van der Waals surface area contributed by atoms with E-state index in [0.29, 0.717) is 27.1 Å². The molecule has 0 saturated heterocycles. The van der Waals surface area contributed by atoms with Crippen molar-refractivity contribution >= 4 is 40.0 Å². The Bertz CT molecular complexity index is 435. The van der Waals surface area contributed by atoms with Gasteiger partial charge in [0, 0.05) is 17.2 Å². The van der Waals surface area contributed by atoms with Crippen molar-refractivity contribution < 1.29 is 13.7 Å². The average molecular weight is 295 g/mol. The minimum Gasteiger partial charge on any atom is -0.469 e. The fourth-order valence-corrected chi connectivity index (χ4v) is 2.99. The first kappa shape index (κ1) is 14.5. The summed E-state index contributed by atoms with van der Waals surface area (Å²) in [5.41, 5.74) is 0. The van der Waals surface area contributed by atoms with Crippen LogP contribution in [0.15, 0.2) is 23.1 Å². The van der Waals surface area contributed by atoms with Crippen LogP contribution in [-0.4, -0.2) is 23.0 Å². The minimum absolute atomic E-state index is 0.250. The van der Waals surface area contributed by atoms with Crippen molar-refractivity contribution in [2.24, 2.45) is 0 Å². The van der Waals surface area contributed by atoms with Gasteiger partial charge >= 0.3 is 5.97 Å². The van der Waals surface area contributed by atoms with E-state index in [-0.39, 0.29) is 12.4 Å². The zero-order valence-corrected chi connectivity index (χ0v) is 11.6. The Morgan fingerprint density at radius 3 is 2.76 bits per heavy atom. The molecule has 0 heterocycles. The molecule has 0 aromatic heterocycles. The first-order valence-electron chi connectivity index (χ1n) is 4.95. The van der Waals surface area contributed by atoms with Crippen molar-refractivity contribution in [1.82, 2.24) is 0 Å². The van der Waals surface area contributed by atoms with Crippen molar-refractivity contribution in [3.8, 4) is 0 Å². The van der Waals surface area contributed by atoms with Crippen LogP contribution in [-0.2, 0) is 20.3 Å². The number of carbonyl (C=O) groups excluding carboxylic acids is 1. The van der Waals surface area contributed by atoms with E-state index < -0.39 is 10.8 Å². The molecule has 0 N–H and O–H groups in total. The maximum atomic E-state index is 11.9. The smallest absolute Gasteiger partial charge is 0.305 e. The summed E-state index contributed by atoms with van der Waals surface area (Å²) < 4.78 is 16.4. The largest absolute Gasteiger partial charge is 0.469 e. The van der Waals surface area contributed by atoms with E-state index in [4.69, 9.17) is 23.2 Å². The molecule has 0 saturated carbocycles. The molecule has 1 atom stereocenters. The van der Waals surface area contributed by atoms with Gasteiger partial charge in [-0.3, -0.25) is 9.00 Å². The second-order valence-electron chi connectivity index (χ2n) is 3.30. The van der Waals surface area contributed by atoms with Gasteiger partial charge in [0.15, 0.2) is 0 Å². The van der Waals surface area contributed by atoms with E-state index in [9.17, 15) is 9.00 Å². The topological polar surface area (TPSA) is 43.4 Å². The number of carbonyl (C=O) groups is 1. The zero-order valence-electron chi connectivity index (χ0n) is 9.24. The lowest BCUT2D eigenvalue weighted by Gasteiger charge is -2.04. The van der Waals surface area contributed by atoms with Crippen LogP contribution in [0.4, 0.5) is 0 Å². The molecule has 1 rings (SSSR count). The molecule has 1 aromatic carbocycles. The molecule has 17 heavy (non-hydrogen) atoms. The van der Waals surface area contributed by atoms with Crippen molar-refractivity contribution in [3.63, 3.8) is 0 Å². The maximum Gasteiger partial charge on any atom is 0.305 e. The van der Waals surface area contributed by atoms with E-state index in [1.807, 2.05) is 0 Å². The number of esters is 1. The number of methoxy groups -OCH3 is 1. The lowest BCUT2D eigenvalue weighted by atomic mass is 10.3. The standard InChI is InChI=1S/C11H12Cl2O3S/c1-16-11(14)3-2-6-17(15)10-7-8(12)4-5-9(10)13/h4-5,7H,2-3,6H2,1H3. The van der Waals surface area contributed by atoms with E-state index in [2.05, 4.69) is 4.74 Å². The van der Waals surface area contributed by atoms with Gasteiger partial charge in [0.05, 0.1) is 27.8 Å². The molecule has 0 spiro atoms. The monoisotopic (exact) mass is 294 g/mol. The average Bonchev–Trinajstić information content (AvgIpc) is 2.31. The van der Waals surface area contributed by atoms with Crippen LogP contribution < -0.4 is 0 Å². The van der Waals surface area contributed by atoms with Crippen LogP contribution in [0.5, 0.6) is 0 Å². The molecule has 1 aromatic rings. The van der Waals surface area contributed by atoms with Gasteiger partial charge < -0.3 is 4.74 Å². The summed E-state index contributed by atoms with van der Waals surface area (Å²) in [6.07, 6.45) is 0.739. The highest BCUT2D eigenvalue weighted by Crippen LogP contribution is 2.24. The maximum absolute atomic E-state index is 11.9. The fraction of sp³-hybridized carbons (Fsp3) is 0.364. The number of rotatable bonds is 5. The number of hydrogen-bond acceptors (Lipinski definition) is 3. The third kappa shape index (κ3) is 4.66. The Kier molecular flexibility index (Phi) is 5.95. The molecule has 3 nitrogen and oxygen atoms in total. The summed E-state index contributed by atoms with van der Waals surface area (Å²) in [5.74, 6) is 0.0500. The van der Waals surface area contributed by atoms with Gasteiger partial charge in [0.25, 0.3) is 0 Å². The van der Waals surface area contributed by atoms with Gasteiger partial charge in [0.2, 0.25) is 0 Å². The zero-order chi connectivity index (χ0) is 12.8. The molecule has 0 fully saturated rings. The van der Waals surface area contributed by atoms with Crippen molar-refractivity contribution in [2.75, 3.05) is 12.9 Å². The Morgan fingerprint density at radius 2 is 2.12 bits per heavy atom. The molecule has 0 radical (unpaired) electrons. The number of halogens is 2. The summed E-state index contributed by atoms with van der Waals surface area (Å²) in [5, 5.41) is 0.913. The van der Waals surface area contributed by atoms with E-state index >= 15 is 0 Å². The van der Waals surface area contributed by atoms with Crippen LogP contribution in [0.3, 0.4) is 0 Å². The van der Waals surface area contributed by atoms with Gasteiger partial charge in [-0.25, -0.2) is 0 Å². The lowest BCUT2D eigenvalue weighted by molar-refractivity contribution is -0.140. The summed E-state index contributed by atoms with van der Waals surface area (Å²) >= 11 is 11.7. The summed E-state index contributed by atoms with van der Waals surface area (Å²) in [6.45, 7) is 0. The third-order valence-corrected chi connectivity index (χ3v) is 4.24. The van der Waals surface area contributed by atoms with Gasteiger partial charge in [0.1, 0.15) is 0 Å². The highest BCUT2D eigenvalue weighted by atomic mass is 35.5. The molecular formula is C11H12Cl2O3S. The summed E-state index contributed by atoms with van der Waals surface area (Å²) in [6, 6.07) is 4.83. The minimum atomic E-state index is -1.25. The van der Waals surface area contributed by atoms with Crippen LogP contribution in [0.1, 0.15) is 12.8 Å². The Balaban J connectivity index is 2.58. The normalized spacial score (nSPS) is 12.2. The van der Waals surface area contributed by atoms with Crippen molar-refractivity contribution in [2.45, 2.75) is 17.7 Å². The van der Waals surface area contributed by atoms with Crippen molar-refractivity contribution in [1.29, 1.82) is 0 Å². The predicted octanol–water partition coefficient (Wildman–Crippen LogP) is 3.05. The van der Waals surface area contributed by atoms with Crippen LogP contribution in [0, 0.1) is 0 Å². The number of hydrogen-bond donors (Lipinski definition) is 0. The fourth-order valence-electron chi connectivity index (χ4n) is 1.21. The summed E-state index contributed by atoms with van der Waals surface area (Å²) in [7, 11) is 0.0787. The first-order chi connectivity index (χ1) is 8.04. The second-order valence-corrected chi connectivity index (χ2v) is 5.69. The molecule has 1 unspecified atom stereocenters. The third-order valence-electron chi connectivity index (χ3n) is 2.08. The molecular weight excluding hydrogens is 283 g/mol. The Hall–Kier alpha value is -0.580. The molecule has 0 amide bonds. The van der Waals surface area contributed by atoms with E-state index in [0.717, 1.165) is 0 Å². The lowest BCUT2D eigenvalue weighted by Crippen LogP contribution is -2.04. The number of ether oxygens (including phenoxy) is 1. The predicted molar refractivity (Wildman–Crippen MR) is 69.0 cm³/mol. The molecule has 0 bridgehead atoms. The SMILES string of the molecule is COC(=O)CCCS(=O)c1cc(Cl)ccc1Cl. The molecule has 94 valence electrons. The molecule has 0 aliphatic heterocycles. The van der Waals surface area contributed by atoms with Crippen molar-refractivity contribution in [3.05, 3.63) is 28.2 Å². The van der Waals surface area contributed by atoms with E-state index in [1.54, 1.807) is 18.2 Å². The first-order valence-corrected chi connectivity index (χ1v) is 7.02. The van der Waals surface area contributed by atoms with Gasteiger partial charge in [-0.1, -0.05) is 23.2 Å². The quantitative estimate of drug-likeness (QED) is 0.784. The number of benzene rings is 1. The summed E-state index contributed by atoms with van der Waals surface area (Å²) in [4.78, 5) is 11.4. The van der Waals surface area contributed by atoms with Crippen LogP contribution in [0.25, 0.3) is 0 Å². The Labute approximate surface area is 113 Å². The highest BCUT2D eigenvalue weighted by molar-refractivity contribution is 7.85. The van der Waals surface area contributed by atoms with Gasteiger partial charge in [-0.15, -0.1) is 0 Å². The van der Waals surface area contributed by atoms with Crippen LogP contribution >= 0.6 is 23.2 Å². The molecule has 0 aliphatic carbocycles. The van der Waals surface area contributed by atoms with E-state index in [1.165, 1.54) is 7.11 Å². The molecule has 6 heteroatoms. The second kappa shape index (κ2) is 6.99.